The first-order valence-electron chi connectivity index (χ1n) is 6.11. The maximum Gasteiger partial charge on any atom is 0.225 e. The Hall–Kier alpha value is -1.31. The monoisotopic (exact) mass is 215 g/mol. The van der Waals surface area contributed by atoms with Crippen molar-refractivity contribution < 1.29 is 4.79 Å². The lowest BCUT2D eigenvalue weighted by molar-refractivity contribution is -0.117. The van der Waals surface area contributed by atoms with Gasteiger partial charge in [-0.05, 0) is 37.0 Å². The number of benzene rings is 1. The molecule has 1 aromatic carbocycles. The molecule has 0 bridgehead atoms. The van der Waals surface area contributed by atoms with Gasteiger partial charge < -0.3 is 5.32 Å². The predicted octanol–water partition coefficient (Wildman–Crippen LogP) is 3.15. The van der Waals surface area contributed by atoms with Crippen molar-refractivity contribution in [2.45, 2.75) is 44.4 Å². The van der Waals surface area contributed by atoms with Crippen molar-refractivity contribution in [2.24, 2.45) is 0 Å². The van der Waals surface area contributed by atoms with Gasteiger partial charge in [-0.3, -0.25) is 4.79 Å². The van der Waals surface area contributed by atoms with Crippen LogP contribution in [0.1, 0.15) is 43.2 Å². The van der Waals surface area contributed by atoms with Crippen LogP contribution in [0.3, 0.4) is 0 Å². The number of amides is 1. The number of carbonyl (C=O) groups excluding carboxylic acids is 1. The Bertz CT molecular complexity index is 444. The van der Waals surface area contributed by atoms with E-state index in [1.165, 1.54) is 36.8 Å². The van der Waals surface area contributed by atoms with Gasteiger partial charge in [-0.1, -0.05) is 25.0 Å². The molecule has 1 N–H and O–H groups in total. The lowest BCUT2D eigenvalue weighted by Crippen LogP contribution is -2.35. The predicted molar refractivity (Wildman–Crippen MR) is 64.6 cm³/mol. The molecule has 2 heteroatoms. The van der Waals surface area contributed by atoms with Crippen LogP contribution in [0.2, 0.25) is 0 Å². The fraction of sp³-hybridized carbons (Fsp3) is 0.500. The van der Waals surface area contributed by atoms with Crippen LogP contribution in [0.15, 0.2) is 18.2 Å². The largest absolute Gasteiger partial charge is 0.326 e. The molecule has 1 aromatic rings. The third-order valence-electron chi connectivity index (χ3n) is 4.08. The molecule has 0 saturated heterocycles. The molecule has 1 aliphatic carbocycles. The van der Waals surface area contributed by atoms with E-state index in [-0.39, 0.29) is 11.3 Å². The van der Waals surface area contributed by atoms with E-state index in [9.17, 15) is 4.79 Å². The van der Waals surface area contributed by atoms with Crippen molar-refractivity contribution in [2.75, 3.05) is 5.32 Å². The van der Waals surface area contributed by atoms with E-state index >= 15 is 0 Å². The molecule has 1 aliphatic heterocycles. The maximum atomic E-state index is 11.8. The molecule has 0 aromatic heterocycles. The Morgan fingerprint density at radius 3 is 2.75 bits per heavy atom. The quantitative estimate of drug-likeness (QED) is 0.707. The first-order chi connectivity index (χ1) is 7.70. The zero-order chi connectivity index (χ0) is 11.2. The fourth-order valence-corrected chi connectivity index (χ4v) is 3.32. The molecule has 1 heterocycles. The SMILES string of the molecule is Cc1ccc2c(c1)NC(=O)CC21CCCC1. The number of aryl methyl sites for hydroxylation is 1. The van der Waals surface area contributed by atoms with Gasteiger partial charge in [0.05, 0.1) is 0 Å². The van der Waals surface area contributed by atoms with Gasteiger partial charge in [0.25, 0.3) is 0 Å². The molecule has 16 heavy (non-hydrogen) atoms. The molecule has 1 amide bonds. The lowest BCUT2D eigenvalue weighted by atomic mass is 9.73. The van der Waals surface area contributed by atoms with Gasteiger partial charge in [0.15, 0.2) is 0 Å². The van der Waals surface area contributed by atoms with Crippen LogP contribution in [-0.4, -0.2) is 5.91 Å². The van der Waals surface area contributed by atoms with E-state index in [0.29, 0.717) is 6.42 Å². The Kier molecular flexibility index (Phi) is 2.06. The summed E-state index contributed by atoms with van der Waals surface area (Å²) < 4.78 is 0. The van der Waals surface area contributed by atoms with Crippen molar-refractivity contribution >= 4 is 11.6 Å². The molecule has 0 radical (unpaired) electrons. The van der Waals surface area contributed by atoms with Gasteiger partial charge in [-0.2, -0.15) is 0 Å². The van der Waals surface area contributed by atoms with Crippen molar-refractivity contribution in [1.82, 2.24) is 0 Å². The highest BCUT2D eigenvalue weighted by Gasteiger charge is 2.41. The van der Waals surface area contributed by atoms with Crippen LogP contribution in [0, 0.1) is 6.92 Å². The van der Waals surface area contributed by atoms with Crippen molar-refractivity contribution in [3.8, 4) is 0 Å². The molecule has 1 fully saturated rings. The van der Waals surface area contributed by atoms with Crippen LogP contribution in [0.4, 0.5) is 5.69 Å². The number of rotatable bonds is 0. The Morgan fingerprint density at radius 1 is 1.25 bits per heavy atom. The lowest BCUT2D eigenvalue weighted by Gasteiger charge is -2.35. The van der Waals surface area contributed by atoms with E-state index in [0.717, 1.165) is 5.69 Å². The molecule has 0 atom stereocenters. The van der Waals surface area contributed by atoms with Crippen LogP contribution < -0.4 is 5.32 Å². The standard InChI is InChI=1S/C14H17NO/c1-10-4-5-11-12(8-10)15-13(16)9-14(11)6-2-3-7-14/h4-5,8H,2-3,6-7,9H2,1H3,(H,15,16). The van der Waals surface area contributed by atoms with Gasteiger partial charge in [-0.15, -0.1) is 0 Å². The second-order valence-electron chi connectivity index (χ2n) is 5.26. The van der Waals surface area contributed by atoms with E-state index in [2.05, 4.69) is 30.4 Å². The third kappa shape index (κ3) is 1.36. The molecule has 2 nitrogen and oxygen atoms in total. The van der Waals surface area contributed by atoms with Crippen LogP contribution in [0.25, 0.3) is 0 Å². The summed E-state index contributed by atoms with van der Waals surface area (Å²) in [7, 11) is 0. The van der Waals surface area contributed by atoms with Crippen molar-refractivity contribution in [1.29, 1.82) is 0 Å². The number of hydrogen-bond acceptors (Lipinski definition) is 1. The van der Waals surface area contributed by atoms with Crippen molar-refractivity contribution in [3.63, 3.8) is 0 Å². The minimum Gasteiger partial charge on any atom is -0.326 e. The number of nitrogens with one attached hydrogen (secondary N) is 1. The Morgan fingerprint density at radius 2 is 2.00 bits per heavy atom. The zero-order valence-electron chi connectivity index (χ0n) is 9.68. The molecule has 84 valence electrons. The fourth-order valence-electron chi connectivity index (χ4n) is 3.32. The summed E-state index contributed by atoms with van der Waals surface area (Å²) in [6.45, 7) is 2.07. The van der Waals surface area contributed by atoms with Gasteiger partial charge in [0.1, 0.15) is 0 Å². The summed E-state index contributed by atoms with van der Waals surface area (Å²) in [6, 6.07) is 6.48. The first-order valence-corrected chi connectivity index (χ1v) is 6.11. The molecule has 1 saturated carbocycles. The number of anilines is 1. The minimum absolute atomic E-state index is 0.158. The van der Waals surface area contributed by atoms with Crippen molar-refractivity contribution in [3.05, 3.63) is 29.3 Å². The van der Waals surface area contributed by atoms with Gasteiger partial charge in [0.2, 0.25) is 5.91 Å². The van der Waals surface area contributed by atoms with Gasteiger partial charge in [-0.25, -0.2) is 0 Å². The van der Waals surface area contributed by atoms with E-state index in [4.69, 9.17) is 0 Å². The summed E-state index contributed by atoms with van der Waals surface area (Å²) in [5, 5.41) is 3.01. The molecular weight excluding hydrogens is 198 g/mol. The summed E-state index contributed by atoms with van der Waals surface area (Å²) in [5.41, 5.74) is 3.80. The summed E-state index contributed by atoms with van der Waals surface area (Å²) in [6.07, 6.45) is 5.57. The normalized spacial score (nSPS) is 21.9. The number of hydrogen-bond donors (Lipinski definition) is 1. The highest BCUT2D eigenvalue weighted by atomic mass is 16.1. The molecule has 1 spiro atoms. The summed E-state index contributed by atoms with van der Waals surface area (Å²) in [4.78, 5) is 11.8. The average molecular weight is 215 g/mol. The highest BCUT2D eigenvalue weighted by Crippen LogP contribution is 2.48. The average Bonchev–Trinajstić information content (AvgIpc) is 2.65. The Labute approximate surface area is 96.1 Å². The minimum atomic E-state index is 0.158. The summed E-state index contributed by atoms with van der Waals surface area (Å²) in [5.74, 6) is 0.194. The highest BCUT2D eigenvalue weighted by molar-refractivity contribution is 5.95. The van der Waals surface area contributed by atoms with Crippen LogP contribution in [-0.2, 0) is 10.2 Å². The number of carbonyl (C=O) groups is 1. The number of fused-ring (bicyclic) bond motifs is 2. The van der Waals surface area contributed by atoms with E-state index in [1.54, 1.807) is 0 Å². The van der Waals surface area contributed by atoms with Gasteiger partial charge >= 0.3 is 0 Å². The topological polar surface area (TPSA) is 29.1 Å². The molecule has 3 rings (SSSR count). The van der Waals surface area contributed by atoms with Gasteiger partial charge in [0, 0.05) is 17.5 Å². The smallest absolute Gasteiger partial charge is 0.225 e. The summed E-state index contributed by atoms with van der Waals surface area (Å²) >= 11 is 0. The molecule has 0 unspecified atom stereocenters. The first kappa shape index (κ1) is 9.88. The Balaban J connectivity index is 2.14. The van der Waals surface area contributed by atoms with Crippen LogP contribution in [0.5, 0.6) is 0 Å². The molecular formula is C14H17NO. The second-order valence-corrected chi connectivity index (χ2v) is 5.26. The zero-order valence-corrected chi connectivity index (χ0v) is 9.68. The maximum absolute atomic E-state index is 11.8. The van der Waals surface area contributed by atoms with E-state index in [1.807, 2.05) is 0 Å². The third-order valence-corrected chi connectivity index (χ3v) is 4.08. The second kappa shape index (κ2) is 3.34. The van der Waals surface area contributed by atoms with E-state index < -0.39 is 0 Å². The molecule has 2 aliphatic rings. The van der Waals surface area contributed by atoms with Crippen LogP contribution >= 0.6 is 0 Å².